The molecular formula is C18H18N2O. The van der Waals surface area contributed by atoms with Crippen molar-refractivity contribution in [3.05, 3.63) is 65.4 Å². The van der Waals surface area contributed by atoms with Crippen LogP contribution in [0.3, 0.4) is 0 Å². The summed E-state index contributed by atoms with van der Waals surface area (Å²) in [6, 6.07) is 16.3. The van der Waals surface area contributed by atoms with E-state index in [2.05, 4.69) is 34.6 Å². The number of phenols is 1. The van der Waals surface area contributed by atoms with Crippen molar-refractivity contribution in [1.29, 1.82) is 0 Å². The van der Waals surface area contributed by atoms with Gasteiger partial charge in [0.1, 0.15) is 5.75 Å². The summed E-state index contributed by atoms with van der Waals surface area (Å²) in [6.07, 6.45) is 2.01. The van der Waals surface area contributed by atoms with E-state index in [-0.39, 0.29) is 0 Å². The van der Waals surface area contributed by atoms with Gasteiger partial charge in [0.2, 0.25) is 0 Å². The number of benzene rings is 2. The summed E-state index contributed by atoms with van der Waals surface area (Å²) >= 11 is 0. The van der Waals surface area contributed by atoms with Gasteiger partial charge in [-0.25, -0.2) is 0 Å². The molecule has 3 N–H and O–H groups in total. The number of hydrogen-bond donors (Lipinski definition) is 3. The lowest BCUT2D eigenvalue weighted by Crippen LogP contribution is -2.31. The number of hydrogen-bond acceptors (Lipinski definition) is 2. The van der Waals surface area contributed by atoms with Crippen molar-refractivity contribution in [2.75, 3.05) is 6.54 Å². The lowest BCUT2D eigenvalue weighted by Gasteiger charge is -2.24. The number of H-pyrrole nitrogens is 1. The molecule has 1 unspecified atom stereocenters. The first-order valence-electron chi connectivity index (χ1n) is 7.42. The molecule has 3 aromatic rings. The van der Waals surface area contributed by atoms with Crippen LogP contribution in [-0.4, -0.2) is 16.6 Å². The van der Waals surface area contributed by atoms with E-state index in [0.29, 0.717) is 11.8 Å². The maximum absolute atomic E-state index is 9.39. The van der Waals surface area contributed by atoms with Gasteiger partial charge in [-0.05, 0) is 48.7 Å². The van der Waals surface area contributed by atoms with E-state index in [1.165, 1.54) is 27.7 Å². The average Bonchev–Trinajstić information content (AvgIpc) is 2.89. The fourth-order valence-corrected chi connectivity index (χ4v) is 3.30. The number of aromatic hydroxyl groups is 1. The van der Waals surface area contributed by atoms with E-state index in [0.717, 1.165) is 19.4 Å². The second-order valence-corrected chi connectivity index (χ2v) is 5.69. The summed E-state index contributed by atoms with van der Waals surface area (Å²) in [5.74, 6) is 0.321. The highest BCUT2D eigenvalue weighted by Crippen LogP contribution is 2.31. The van der Waals surface area contributed by atoms with E-state index in [1.807, 2.05) is 12.1 Å². The first-order chi connectivity index (χ1) is 10.3. The van der Waals surface area contributed by atoms with Crippen molar-refractivity contribution in [1.82, 2.24) is 10.3 Å². The zero-order valence-electron chi connectivity index (χ0n) is 11.8. The Balaban J connectivity index is 1.71. The van der Waals surface area contributed by atoms with E-state index >= 15 is 0 Å². The van der Waals surface area contributed by atoms with Gasteiger partial charge in [-0.1, -0.05) is 30.3 Å². The predicted octanol–water partition coefficient (Wildman–Crippen LogP) is 3.30. The molecule has 0 amide bonds. The van der Waals surface area contributed by atoms with Gasteiger partial charge < -0.3 is 15.4 Å². The normalized spacial score (nSPS) is 17.8. The van der Waals surface area contributed by atoms with E-state index in [9.17, 15) is 5.11 Å². The molecule has 0 saturated carbocycles. The van der Waals surface area contributed by atoms with Crippen molar-refractivity contribution < 1.29 is 5.11 Å². The number of rotatable bonds is 2. The fraction of sp³-hybridized carbons (Fsp3) is 0.222. The van der Waals surface area contributed by atoms with Crippen molar-refractivity contribution >= 4 is 10.9 Å². The van der Waals surface area contributed by atoms with Crippen LogP contribution < -0.4 is 5.32 Å². The highest BCUT2D eigenvalue weighted by molar-refractivity contribution is 5.85. The smallest absolute Gasteiger partial charge is 0.115 e. The molecule has 0 spiro atoms. The second-order valence-electron chi connectivity index (χ2n) is 5.69. The molecule has 4 rings (SSSR count). The minimum atomic E-state index is 0.311. The number of fused-ring (bicyclic) bond motifs is 3. The van der Waals surface area contributed by atoms with Crippen molar-refractivity contribution in [2.24, 2.45) is 0 Å². The molecule has 106 valence electrons. The quantitative estimate of drug-likeness (QED) is 0.673. The van der Waals surface area contributed by atoms with Crippen molar-refractivity contribution in [3.8, 4) is 5.75 Å². The van der Waals surface area contributed by atoms with Crippen LogP contribution in [-0.2, 0) is 12.8 Å². The summed E-state index contributed by atoms with van der Waals surface area (Å²) in [5, 5.41) is 14.4. The highest BCUT2D eigenvalue weighted by Gasteiger charge is 2.23. The molecule has 3 heteroatoms. The van der Waals surface area contributed by atoms with Gasteiger partial charge in [-0.2, -0.15) is 0 Å². The molecule has 0 fully saturated rings. The molecule has 0 bridgehead atoms. The van der Waals surface area contributed by atoms with Crippen molar-refractivity contribution in [3.63, 3.8) is 0 Å². The Bertz CT molecular complexity index is 774. The van der Waals surface area contributed by atoms with Crippen LogP contribution in [0, 0.1) is 0 Å². The lowest BCUT2D eigenvalue weighted by atomic mass is 9.95. The zero-order valence-corrected chi connectivity index (χ0v) is 11.8. The third kappa shape index (κ3) is 2.20. The Morgan fingerprint density at radius 2 is 1.86 bits per heavy atom. The maximum atomic E-state index is 9.39. The summed E-state index contributed by atoms with van der Waals surface area (Å²) in [5.41, 5.74) is 5.22. The minimum absolute atomic E-state index is 0.311. The Labute approximate surface area is 123 Å². The molecule has 1 atom stereocenters. The monoisotopic (exact) mass is 278 g/mol. The fourth-order valence-electron chi connectivity index (χ4n) is 3.30. The summed E-state index contributed by atoms with van der Waals surface area (Å²) in [4.78, 5) is 3.59. The Morgan fingerprint density at radius 1 is 1.05 bits per heavy atom. The first-order valence-corrected chi connectivity index (χ1v) is 7.42. The number of aromatic amines is 1. The number of para-hydroxylation sites is 1. The van der Waals surface area contributed by atoms with Crippen LogP contribution in [0.1, 0.15) is 22.9 Å². The highest BCUT2D eigenvalue weighted by atomic mass is 16.3. The molecule has 1 aliphatic heterocycles. The van der Waals surface area contributed by atoms with Gasteiger partial charge in [-0.3, -0.25) is 0 Å². The van der Waals surface area contributed by atoms with Crippen LogP contribution >= 0.6 is 0 Å². The summed E-state index contributed by atoms with van der Waals surface area (Å²) in [6.45, 7) is 1.01. The van der Waals surface area contributed by atoms with Crippen LogP contribution in [0.5, 0.6) is 5.75 Å². The topological polar surface area (TPSA) is 48.0 Å². The molecule has 2 aromatic carbocycles. The minimum Gasteiger partial charge on any atom is -0.508 e. The molecule has 3 nitrogen and oxygen atoms in total. The standard InChI is InChI=1S/C18H18N2O/c21-13-7-5-12(6-8-13)11-17-18-15(9-10-19-17)14-3-1-2-4-16(14)20-18/h1-8,17,19-21H,9-11H2. The van der Waals surface area contributed by atoms with Gasteiger partial charge in [0.15, 0.2) is 0 Å². The van der Waals surface area contributed by atoms with E-state index < -0.39 is 0 Å². The van der Waals surface area contributed by atoms with Crippen LogP contribution in [0.2, 0.25) is 0 Å². The largest absolute Gasteiger partial charge is 0.508 e. The molecule has 1 aliphatic rings. The third-order valence-electron chi connectivity index (χ3n) is 4.34. The Kier molecular flexibility index (Phi) is 2.93. The van der Waals surface area contributed by atoms with Gasteiger partial charge in [0, 0.05) is 16.6 Å². The van der Waals surface area contributed by atoms with Crippen LogP contribution in [0.25, 0.3) is 10.9 Å². The molecule has 0 aliphatic carbocycles. The average molecular weight is 278 g/mol. The Morgan fingerprint density at radius 3 is 2.71 bits per heavy atom. The SMILES string of the molecule is Oc1ccc(CC2NCCc3c2[nH]c2ccccc32)cc1. The summed E-state index contributed by atoms with van der Waals surface area (Å²) in [7, 11) is 0. The maximum Gasteiger partial charge on any atom is 0.115 e. The number of nitrogens with one attached hydrogen (secondary N) is 2. The second kappa shape index (κ2) is 4.93. The van der Waals surface area contributed by atoms with Gasteiger partial charge in [0.05, 0.1) is 6.04 Å². The molecular weight excluding hydrogens is 260 g/mol. The summed E-state index contributed by atoms with van der Waals surface area (Å²) < 4.78 is 0. The van der Waals surface area contributed by atoms with Gasteiger partial charge in [-0.15, -0.1) is 0 Å². The molecule has 0 saturated heterocycles. The van der Waals surface area contributed by atoms with Crippen LogP contribution in [0.4, 0.5) is 0 Å². The van der Waals surface area contributed by atoms with Gasteiger partial charge >= 0.3 is 0 Å². The number of phenolic OH excluding ortho intramolecular Hbond substituents is 1. The first kappa shape index (κ1) is 12.5. The third-order valence-corrected chi connectivity index (χ3v) is 4.34. The predicted molar refractivity (Wildman–Crippen MR) is 84.6 cm³/mol. The van der Waals surface area contributed by atoms with Crippen LogP contribution in [0.15, 0.2) is 48.5 Å². The number of aromatic nitrogens is 1. The molecule has 1 aromatic heterocycles. The molecule has 0 radical (unpaired) electrons. The lowest BCUT2D eigenvalue weighted by molar-refractivity contribution is 0.473. The molecule has 21 heavy (non-hydrogen) atoms. The zero-order chi connectivity index (χ0) is 14.2. The Hall–Kier alpha value is -2.26. The van der Waals surface area contributed by atoms with E-state index in [4.69, 9.17) is 0 Å². The van der Waals surface area contributed by atoms with E-state index in [1.54, 1.807) is 12.1 Å². The van der Waals surface area contributed by atoms with Crippen molar-refractivity contribution in [2.45, 2.75) is 18.9 Å². The van der Waals surface area contributed by atoms with Gasteiger partial charge in [0.25, 0.3) is 0 Å². The molecule has 2 heterocycles.